The Kier molecular flexibility index (Phi) is 4.80. The Morgan fingerprint density at radius 2 is 1.84 bits per heavy atom. The highest BCUT2D eigenvalue weighted by Gasteiger charge is 2.12. The van der Waals surface area contributed by atoms with E-state index in [2.05, 4.69) is 47.3 Å². The van der Waals surface area contributed by atoms with Crippen molar-refractivity contribution in [2.75, 3.05) is 0 Å². The van der Waals surface area contributed by atoms with E-state index in [0.29, 0.717) is 0 Å². The predicted octanol–water partition coefficient (Wildman–Crippen LogP) is 3.81. The van der Waals surface area contributed by atoms with Gasteiger partial charge in [-0.2, -0.15) is 0 Å². The Balaban J connectivity index is 1.84. The molecule has 0 saturated heterocycles. The quantitative estimate of drug-likeness (QED) is 0.836. The van der Waals surface area contributed by atoms with Gasteiger partial charge >= 0.3 is 0 Å². The van der Waals surface area contributed by atoms with Gasteiger partial charge in [0.2, 0.25) is 0 Å². The van der Waals surface area contributed by atoms with Crippen LogP contribution in [-0.2, 0) is 13.0 Å². The largest absolute Gasteiger partial charge is 0.388 e. The lowest BCUT2D eigenvalue weighted by Crippen LogP contribution is -2.04. The molecule has 0 saturated carbocycles. The number of aryl methyl sites for hydroxylation is 2. The summed E-state index contributed by atoms with van der Waals surface area (Å²) in [6.07, 6.45) is 5.99. The van der Waals surface area contributed by atoms with Gasteiger partial charge in [0.25, 0.3) is 0 Å². The van der Waals surface area contributed by atoms with Gasteiger partial charge in [0.1, 0.15) is 0 Å². The maximum absolute atomic E-state index is 10.0. The van der Waals surface area contributed by atoms with E-state index in [0.717, 1.165) is 24.9 Å². The van der Waals surface area contributed by atoms with E-state index in [1.165, 1.54) is 5.56 Å². The number of rotatable bonds is 6. The minimum absolute atomic E-state index is 0.264. The molecule has 1 unspecified atom stereocenters. The topological polar surface area (TPSA) is 25.2 Å². The van der Waals surface area contributed by atoms with E-state index >= 15 is 0 Å². The van der Waals surface area contributed by atoms with Crippen molar-refractivity contribution in [1.29, 1.82) is 0 Å². The number of hydrogen-bond donors (Lipinski definition) is 1. The van der Waals surface area contributed by atoms with Gasteiger partial charge in [0, 0.05) is 18.9 Å². The number of aliphatic hydroxyl groups excluding tert-OH is 1. The number of hydrogen-bond acceptors (Lipinski definition) is 1. The number of aromatic nitrogens is 1. The zero-order valence-corrected chi connectivity index (χ0v) is 11.8. The summed E-state index contributed by atoms with van der Waals surface area (Å²) in [6, 6.07) is 12.6. The fourth-order valence-corrected chi connectivity index (χ4v) is 2.27. The van der Waals surface area contributed by atoms with Crippen molar-refractivity contribution in [3.8, 4) is 0 Å². The van der Waals surface area contributed by atoms with Crippen LogP contribution in [0.3, 0.4) is 0 Å². The summed E-state index contributed by atoms with van der Waals surface area (Å²) < 4.78 is 2.17. The molecule has 2 aromatic rings. The lowest BCUT2D eigenvalue weighted by atomic mass is 10.0. The van der Waals surface area contributed by atoms with Crippen LogP contribution >= 0.6 is 0 Å². The van der Waals surface area contributed by atoms with Crippen LogP contribution in [0.2, 0.25) is 0 Å². The SMILES string of the molecule is CC(C)C(O)c1ccn(CCCc2ccccc2)c1. The van der Waals surface area contributed by atoms with Crippen molar-refractivity contribution in [1.82, 2.24) is 4.57 Å². The molecule has 0 aliphatic heterocycles. The Bertz CT molecular complexity index is 487. The van der Waals surface area contributed by atoms with E-state index in [1.807, 2.05) is 19.9 Å². The fourth-order valence-electron chi connectivity index (χ4n) is 2.27. The van der Waals surface area contributed by atoms with Crippen LogP contribution in [-0.4, -0.2) is 9.67 Å². The molecule has 102 valence electrons. The van der Waals surface area contributed by atoms with Crippen molar-refractivity contribution in [2.24, 2.45) is 5.92 Å². The smallest absolute Gasteiger partial charge is 0.0827 e. The minimum Gasteiger partial charge on any atom is -0.388 e. The van der Waals surface area contributed by atoms with Gasteiger partial charge in [0.15, 0.2) is 0 Å². The van der Waals surface area contributed by atoms with Crippen LogP contribution in [0.1, 0.15) is 37.5 Å². The van der Waals surface area contributed by atoms with E-state index in [4.69, 9.17) is 0 Å². The molecule has 0 amide bonds. The molecule has 1 heterocycles. The molecule has 2 heteroatoms. The van der Waals surface area contributed by atoms with Crippen LogP contribution in [0.15, 0.2) is 48.8 Å². The summed E-state index contributed by atoms with van der Waals surface area (Å²) in [5, 5.41) is 10.0. The van der Waals surface area contributed by atoms with Gasteiger partial charge in [-0.05, 0) is 36.0 Å². The van der Waals surface area contributed by atoms with Crippen molar-refractivity contribution in [2.45, 2.75) is 39.3 Å². The monoisotopic (exact) mass is 257 g/mol. The summed E-state index contributed by atoms with van der Waals surface area (Å²) >= 11 is 0. The highest BCUT2D eigenvalue weighted by molar-refractivity contribution is 5.15. The molecule has 0 aliphatic carbocycles. The first-order chi connectivity index (χ1) is 9.16. The predicted molar refractivity (Wildman–Crippen MR) is 79.0 cm³/mol. The van der Waals surface area contributed by atoms with Gasteiger partial charge in [0.05, 0.1) is 6.10 Å². The van der Waals surface area contributed by atoms with E-state index < -0.39 is 0 Å². The number of nitrogens with zero attached hydrogens (tertiary/aromatic N) is 1. The second-order valence-corrected chi connectivity index (χ2v) is 5.46. The maximum atomic E-state index is 10.0. The molecule has 1 atom stereocenters. The third-order valence-electron chi connectivity index (χ3n) is 3.47. The molecular weight excluding hydrogens is 234 g/mol. The molecule has 0 radical (unpaired) electrons. The first kappa shape index (κ1) is 13.9. The van der Waals surface area contributed by atoms with Crippen molar-refractivity contribution >= 4 is 0 Å². The minimum atomic E-state index is -0.352. The van der Waals surface area contributed by atoms with Crippen molar-refractivity contribution in [3.63, 3.8) is 0 Å². The van der Waals surface area contributed by atoms with Crippen molar-refractivity contribution in [3.05, 3.63) is 59.9 Å². The second kappa shape index (κ2) is 6.58. The normalized spacial score (nSPS) is 12.8. The first-order valence-electron chi connectivity index (χ1n) is 7.04. The zero-order chi connectivity index (χ0) is 13.7. The van der Waals surface area contributed by atoms with Crippen LogP contribution in [0, 0.1) is 5.92 Å². The Morgan fingerprint density at radius 1 is 1.11 bits per heavy atom. The Hall–Kier alpha value is -1.54. The Morgan fingerprint density at radius 3 is 2.53 bits per heavy atom. The molecule has 2 nitrogen and oxygen atoms in total. The maximum Gasteiger partial charge on any atom is 0.0827 e. The average Bonchev–Trinajstić information content (AvgIpc) is 2.88. The van der Waals surface area contributed by atoms with Crippen LogP contribution < -0.4 is 0 Å². The summed E-state index contributed by atoms with van der Waals surface area (Å²) in [5.74, 6) is 0.264. The van der Waals surface area contributed by atoms with E-state index in [1.54, 1.807) is 0 Å². The molecule has 0 fully saturated rings. The van der Waals surface area contributed by atoms with E-state index in [-0.39, 0.29) is 12.0 Å². The highest BCUT2D eigenvalue weighted by atomic mass is 16.3. The third-order valence-corrected chi connectivity index (χ3v) is 3.47. The molecule has 1 aromatic heterocycles. The summed E-state index contributed by atoms with van der Waals surface area (Å²) in [7, 11) is 0. The highest BCUT2D eigenvalue weighted by Crippen LogP contribution is 2.21. The molecule has 0 bridgehead atoms. The second-order valence-electron chi connectivity index (χ2n) is 5.46. The van der Waals surface area contributed by atoms with Gasteiger partial charge in [-0.1, -0.05) is 44.2 Å². The molecule has 2 rings (SSSR count). The van der Waals surface area contributed by atoms with Crippen molar-refractivity contribution < 1.29 is 5.11 Å². The third kappa shape index (κ3) is 3.97. The standard InChI is InChI=1S/C17H23NO/c1-14(2)17(19)16-10-12-18(13-16)11-6-9-15-7-4-3-5-8-15/h3-5,7-8,10,12-14,17,19H,6,9,11H2,1-2H3. The molecule has 0 aliphatic rings. The molecule has 1 aromatic carbocycles. The first-order valence-corrected chi connectivity index (χ1v) is 7.04. The van der Waals surface area contributed by atoms with Gasteiger partial charge in [-0.15, -0.1) is 0 Å². The van der Waals surface area contributed by atoms with Gasteiger partial charge in [-0.25, -0.2) is 0 Å². The summed E-state index contributed by atoms with van der Waals surface area (Å²) in [5.41, 5.74) is 2.41. The molecule has 0 spiro atoms. The molecule has 1 N–H and O–H groups in total. The van der Waals surface area contributed by atoms with Crippen LogP contribution in [0.5, 0.6) is 0 Å². The fraction of sp³-hybridized carbons (Fsp3) is 0.412. The summed E-state index contributed by atoms with van der Waals surface area (Å²) in [6.45, 7) is 5.08. The van der Waals surface area contributed by atoms with E-state index in [9.17, 15) is 5.11 Å². The number of aliphatic hydroxyl groups is 1. The lowest BCUT2D eigenvalue weighted by Gasteiger charge is -2.12. The molecule has 19 heavy (non-hydrogen) atoms. The molecular formula is C17H23NO. The zero-order valence-electron chi connectivity index (χ0n) is 11.8. The van der Waals surface area contributed by atoms with Crippen LogP contribution in [0.4, 0.5) is 0 Å². The van der Waals surface area contributed by atoms with Crippen LogP contribution in [0.25, 0.3) is 0 Å². The Labute approximate surface area is 115 Å². The number of benzene rings is 1. The van der Waals surface area contributed by atoms with Gasteiger partial charge in [-0.3, -0.25) is 0 Å². The average molecular weight is 257 g/mol. The summed E-state index contributed by atoms with van der Waals surface area (Å²) in [4.78, 5) is 0. The van der Waals surface area contributed by atoms with Gasteiger partial charge < -0.3 is 9.67 Å². The lowest BCUT2D eigenvalue weighted by molar-refractivity contribution is 0.127.